The summed E-state index contributed by atoms with van der Waals surface area (Å²) in [5.74, 6) is -0.0784. The highest BCUT2D eigenvalue weighted by Crippen LogP contribution is 2.48. The van der Waals surface area contributed by atoms with Gasteiger partial charge < -0.3 is 24.1 Å². The standard InChI is InChI=1S/C30H26ClN3O7S2/c1-38-19-11-9-16(10-12-19)25(35)23-24(18-13-21(39-2)27(41-4)22(14-18)40-3)34(28(37)26(23)36)29-32-33-30(43-29)42-15-17-7-5-6-8-20(17)31/h5-14,24,35H,15H2,1-4H3/b25-23-. The molecule has 3 aromatic carbocycles. The summed E-state index contributed by atoms with van der Waals surface area (Å²) in [5.41, 5.74) is 1.53. The van der Waals surface area contributed by atoms with Crippen LogP contribution >= 0.6 is 34.7 Å². The molecule has 1 amide bonds. The van der Waals surface area contributed by atoms with Gasteiger partial charge in [0.1, 0.15) is 11.5 Å². The monoisotopic (exact) mass is 639 g/mol. The summed E-state index contributed by atoms with van der Waals surface area (Å²) in [7, 11) is 5.91. The summed E-state index contributed by atoms with van der Waals surface area (Å²) in [4.78, 5) is 28.5. The first-order valence-corrected chi connectivity index (χ1v) is 14.9. The molecule has 1 aliphatic rings. The SMILES string of the molecule is COc1ccc(/C(O)=C2/C(=O)C(=O)N(c3nnc(SCc4ccccc4Cl)s3)C2c2cc(OC)c(OC)c(OC)c2)cc1. The predicted molar refractivity (Wildman–Crippen MR) is 165 cm³/mol. The van der Waals surface area contributed by atoms with Gasteiger partial charge in [-0.05, 0) is 53.6 Å². The lowest BCUT2D eigenvalue weighted by Gasteiger charge is -2.24. The van der Waals surface area contributed by atoms with E-state index >= 15 is 0 Å². The quantitative estimate of drug-likeness (QED) is 0.0712. The van der Waals surface area contributed by atoms with Crippen LogP contribution < -0.4 is 23.8 Å². The average molecular weight is 640 g/mol. The number of nitrogens with zero attached hydrogens (tertiary/aromatic N) is 3. The van der Waals surface area contributed by atoms with E-state index in [0.717, 1.165) is 16.9 Å². The molecule has 13 heteroatoms. The number of carbonyl (C=O) groups excluding carboxylic acids is 2. The van der Waals surface area contributed by atoms with Crippen LogP contribution in [0.25, 0.3) is 5.76 Å². The van der Waals surface area contributed by atoms with Crippen molar-refractivity contribution < 1.29 is 33.6 Å². The zero-order valence-corrected chi connectivity index (χ0v) is 25.9. The first kappa shape index (κ1) is 30.2. The number of aliphatic hydroxyl groups is 1. The van der Waals surface area contributed by atoms with Crippen LogP contribution in [0.5, 0.6) is 23.0 Å². The number of hydrogen-bond donors (Lipinski definition) is 1. The maximum atomic E-state index is 13.6. The molecule has 43 heavy (non-hydrogen) atoms. The Hall–Kier alpha value is -4.26. The van der Waals surface area contributed by atoms with Crippen LogP contribution in [0.4, 0.5) is 5.13 Å². The number of halogens is 1. The maximum Gasteiger partial charge on any atom is 0.301 e. The van der Waals surface area contributed by atoms with Crippen molar-refractivity contribution in [3.63, 3.8) is 0 Å². The minimum Gasteiger partial charge on any atom is -0.507 e. The molecule has 4 aromatic rings. The second kappa shape index (κ2) is 12.9. The van der Waals surface area contributed by atoms with Gasteiger partial charge >= 0.3 is 5.91 Å². The first-order chi connectivity index (χ1) is 20.8. The molecule has 0 spiro atoms. The van der Waals surface area contributed by atoms with Gasteiger partial charge in [0, 0.05) is 16.3 Å². The van der Waals surface area contributed by atoms with Crippen molar-refractivity contribution in [3.8, 4) is 23.0 Å². The Bertz CT molecular complexity index is 1680. The fourth-order valence-electron chi connectivity index (χ4n) is 4.62. The molecule has 0 radical (unpaired) electrons. The van der Waals surface area contributed by atoms with Gasteiger partial charge in [-0.15, -0.1) is 10.2 Å². The molecule has 0 bridgehead atoms. The maximum absolute atomic E-state index is 13.6. The van der Waals surface area contributed by atoms with E-state index in [1.807, 2.05) is 24.3 Å². The zero-order chi connectivity index (χ0) is 30.7. The summed E-state index contributed by atoms with van der Waals surface area (Å²) in [6, 6.07) is 16.1. The Morgan fingerprint density at radius 3 is 2.23 bits per heavy atom. The van der Waals surface area contributed by atoms with E-state index in [2.05, 4.69) is 10.2 Å². The molecule has 1 saturated heterocycles. The molecule has 1 N–H and O–H groups in total. The number of thioether (sulfide) groups is 1. The molecule has 10 nitrogen and oxygen atoms in total. The first-order valence-electron chi connectivity index (χ1n) is 12.8. The van der Waals surface area contributed by atoms with Crippen LogP contribution in [0.2, 0.25) is 5.02 Å². The number of Topliss-reactive ketones (excluding diaryl/α,β-unsaturated/α-hetero) is 1. The minimum atomic E-state index is -1.09. The van der Waals surface area contributed by atoms with Gasteiger partial charge in [0.15, 0.2) is 15.8 Å². The molecule has 2 heterocycles. The molecule has 1 aromatic heterocycles. The topological polar surface area (TPSA) is 120 Å². The van der Waals surface area contributed by atoms with Crippen molar-refractivity contribution in [1.82, 2.24) is 10.2 Å². The van der Waals surface area contributed by atoms with Crippen LogP contribution in [0.1, 0.15) is 22.7 Å². The minimum absolute atomic E-state index is 0.134. The van der Waals surface area contributed by atoms with E-state index in [1.165, 1.54) is 45.1 Å². The number of ether oxygens (including phenoxy) is 4. The normalized spacial score (nSPS) is 15.9. The molecule has 1 atom stereocenters. The molecule has 5 rings (SSSR count). The number of hydrogen-bond acceptors (Lipinski definition) is 11. The van der Waals surface area contributed by atoms with E-state index in [1.54, 1.807) is 36.4 Å². The van der Waals surface area contributed by atoms with Gasteiger partial charge in [-0.2, -0.15) is 0 Å². The summed E-state index contributed by atoms with van der Waals surface area (Å²) in [6.07, 6.45) is 0. The number of benzene rings is 3. The molecule has 0 aliphatic carbocycles. The smallest absolute Gasteiger partial charge is 0.301 e. The molecule has 0 saturated carbocycles. The summed E-state index contributed by atoms with van der Waals surface area (Å²) >= 11 is 8.85. The van der Waals surface area contributed by atoms with Crippen LogP contribution in [0, 0.1) is 0 Å². The van der Waals surface area contributed by atoms with Crippen molar-refractivity contribution in [2.24, 2.45) is 0 Å². The van der Waals surface area contributed by atoms with Gasteiger partial charge in [0.2, 0.25) is 10.9 Å². The average Bonchev–Trinajstić information content (AvgIpc) is 3.61. The van der Waals surface area contributed by atoms with E-state index in [-0.39, 0.29) is 16.5 Å². The number of amides is 1. The summed E-state index contributed by atoms with van der Waals surface area (Å²) < 4.78 is 22.3. The summed E-state index contributed by atoms with van der Waals surface area (Å²) in [5, 5.41) is 20.8. The number of aliphatic hydroxyl groups excluding tert-OH is 1. The molecular formula is C30H26ClN3O7S2. The van der Waals surface area contributed by atoms with E-state index in [4.69, 9.17) is 30.5 Å². The van der Waals surface area contributed by atoms with Gasteiger partial charge in [0.05, 0.1) is 40.1 Å². The number of ketones is 1. The molecule has 1 fully saturated rings. The Kier molecular flexibility index (Phi) is 9.09. The van der Waals surface area contributed by atoms with Crippen molar-refractivity contribution >= 4 is 57.3 Å². The molecule has 1 unspecified atom stereocenters. The highest BCUT2D eigenvalue weighted by Gasteiger charge is 2.49. The number of aromatic nitrogens is 2. The number of methoxy groups -OCH3 is 4. The Labute approximate surface area is 260 Å². The van der Waals surface area contributed by atoms with Crippen molar-refractivity contribution in [2.75, 3.05) is 33.3 Å². The Morgan fingerprint density at radius 2 is 1.63 bits per heavy atom. The fraction of sp³-hybridized carbons (Fsp3) is 0.200. The highest BCUT2D eigenvalue weighted by molar-refractivity contribution is 8.00. The molecule has 1 aliphatic heterocycles. The predicted octanol–water partition coefficient (Wildman–Crippen LogP) is 6.14. The third-order valence-electron chi connectivity index (χ3n) is 6.72. The third-order valence-corrected chi connectivity index (χ3v) is 9.19. The van der Waals surface area contributed by atoms with Crippen LogP contribution in [-0.2, 0) is 15.3 Å². The fourth-order valence-corrected chi connectivity index (χ4v) is 6.78. The lowest BCUT2D eigenvalue weighted by Crippen LogP contribution is -2.29. The van der Waals surface area contributed by atoms with Gasteiger partial charge in [0.25, 0.3) is 5.78 Å². The summed E-state index contributed by atoms with van der Waals surface area (Å²) in [6.45, 7) is 0. The number of anilines is 1. The van der Waals surface area contributed by atoms with Crippen molar-refractivity contribution in [2.45, 2.75) is 16.1 Å². The molecular weight excluding hydrogens is 614 g/mol. The van der Waals surface area contributed by atoms with Crippen molar-refractivity contribution in [3.05, 3.63) is 87.9 Å². The van der Waals surface area contributed by atoms with Crippen LogP contribution in [-0.4, -0.2) is 55.4 Å². The van der Waals surface area contributed by atoms with E-state index in [0.29, 0.717) is 49.2 Å². The second-order valence-corrected chi connectivity index (χ2v) is 11.7. The van der Waals surface area contributed by atoms with Crippen LogP contribution in [0.3, 0.4) is 0 Å². The lowest BCUT2D eigenvalue weighted by molar-refractivity contribution is -0.132. The van der Waals surface area contributed by atoms with Gasteiger partial charge in [-0.25, -0.2) is 0 Å². The number of rotatable bonds is 10. The number of carbonyl (C=O) groups is 2. The van der Waals surface area contributed by atoms with Crippen LogP contribution in [0.15, 0.2) is 70.6 Å². The van der Waals surface area contributed by atoms with E-state index < -0.39 is 17.7 Å². The third kappa shape index (κ3) is 5.85. The molecule has 222 valence electrons. The Morgan fingerprint density at radius 1 is 0.953 bits per heavy atom. The van der Waals surface area contributed by atoms with Gasteiger partial charge in [-0.3, -0.25) is 14.5 Å². The second-order valence-electron chi connectivity index (χ2n) is 9.09. The largest absolute Gasteiger partial charge is 0.507 e. The Balaban J connectivity index is 1.62. The zero-order valence-electron chi connectivity index (χ0n) is 23.5. The van der Waals surface area contributed by atoms with Gasteiger partial charge in [-0.1, -0.05) is 52.9 Å². The highest BCUT2D eigenvalue weighted by atomic mass is 35.5. The lowest BCUT2D eigenvalue weighted by atomic mass is 9.94. The van der Waals surface area contributed by atoms with Crippen molar-refractivity contribution in [1.29, 1.82) is 0 Å². The van der Waals surface area contributed by atoms with E-state index in [9.17, 15) is 14.7 Å².